The molecule has 1 atom stereocenters. The first kappa shape index (κ1) is 16.7. The molecule has 2 heterocycles. The molecule has 2 aliphatic heterocycles. The van der Waals surface area contributed by atoms with Crippen molar-refractivity contribution in [1.29, 1.82) is 0 Å². The molecule has 7 nitrogen and oxygen atoms in total. The molecule has 21 heavy (non-hydrogen) atoms. The van der Waals surface area contributed by atoms with Gasteiger partial charge in [0.05, 0.1) is 12.2 Å². The van der Waals surface area contributed by atoms with E-state index in [9.17, 15) is 13.2 Å². The van der Waals surface area contributed by atoms with E-state index < -0.39 is 21.8 Å². The summed E-state index contributed by atoms with van der Waals surface area (Å²) in [5.74, 6) is -0.318. The minimum absolute atomic E-state index is 0.193. The average molecular weight is 319 g/mol. The Hall–Kier alpha value is -0.700. The zero-order valence-electron chi connectivity index (χ0n) is 12.5. The van der Waals surface area contributed by atoms with Crippen molar-refractivity contribution in [3.63, 3.8) is 0 Å². The molecule has 0 unspecified atom stereocenters. The molecule has 2 N–H and O–H groups in total. The van der Waals surface area contributed by atoms with Crippen LogP contribution in [0.2, 0.25) is 0 Å². The quantitative estimate of drug-likeness (QED) is 0.724. The van der Waals surface area contributed by atoms with Gasteiger partial charge in [0.25, 0.3) is 0 Å². The molecule has 0 aromatic heterocycles. The highest BCUT2D eigenvalue weighted by Gasteiger charge is 2.31. The Labute approximate surface area is 126 Å². The minimum atomic E-state index is -3.29. The molecule has 2 aliphatic rings. The van der Waals surface area contributed by atoms with Gasteiger partial charge in [0.1, 0.15) is 0 Å². The molecule has 2 saturated heterocycles. The van der Waals surface area contributed by atoms with Gasteiger partial charge in [0.15, 0.2) is 0 Å². The Morgan fingerprint density at radius 3 is 2.48 bits per heavy atom. The van der Waals surface area contributed by atoms with Crippen molar-refractivity contribution >= 4 is 15.9 Å². The van der Waals surface area contributed by atoms with Gasteiger partial charge in [-0.2, -0.15) is 0 Å². The third kappa shape index (κ3) is 4.91. The molecule has 2 rings (SSSR count). The van der Waals surface area contributed by atoms with Crippen LogP contribution < -0.4 is 5.73 Å². The van der Waals surface area contributed by atoms with Crippen LogP contribution in [0, 0.1) is 11.8 Å². The lowest BCUT2D eigenvalue weighted by Crippen LogP contribution is -2.40. The fourth-order valence-electron chi connectivity index (χ4n) is 2.99. The molecule has 0 aromatic rings. The van der Waals surface area contributed by atoms with Crippen LogP contribution in [0.25, 0.3) is 0 Å². The normalized spacial score (nSPS) is 27.4. The second kappa shape index (κ2) is 7.04. The topological polar surface area (TPSA) is 92.9 Å². The van der Waals surface area contributed by atoms with Crippen LogP contribution >= 0.6 is 0 Å². The summed E-state index contributed by atoms with van der Waals surface area (Å²) in [7, 11) is -3.29. The third-order valence-electron chi connectivity index (χ3n) is 4.30. The molecule has 1 amide bonds. The van der Waals surface area contributed by atoms with Gasteiger partial charge in [0.2, 0.25) is 15.9 Å². The summed E-state index contributed by atoms with van der Waals surface area (Å²) in [6.45, 7) is 4.25. The number of hydrogen-bond acceptors (Lipinski definition) is 5. The number of hydrogen-bond donors (Lipinski definition) is 1. The number of rotatable bonds is 4. The van der Waals surface area contributed by atoms with Gasteiger partial charge < -0.3 is 15.4 Å². The van der Waals surface area contributed by atoms with E-state index in [4.69, 9.17) is 10.5 Å². The first-order chi connectivity index (χ1) is 9.86. The van der Waals surface area contributed by atoms with E-state index in [1.807, 2.05) is 0 Å². The lowest BCUT2D eigenvalue weighted by Gasteiger charge is -2.29. The van der Waals surface area contributed by atoms with E-state index in [-0.39, 0.29) is 6.54 Å². The molecule has 8 heteroatoms. The molecule has 0 bridgehead atoms. The van der Waals surface area contributed by atoms with Crippen LogP contribution in [-0.4, -0.2) is 75.7 Å². The number of sulfonamides is 1. The maximum atomic E-state index is 11.7. The van der Waals surface area contributed by atoms with Gasteiger partial charge in [-0.3, -0.25) is 4.79 Å². The van der Waals surface area contributed by atoms with Crippen molar-refractivity contribution in [2.24, 2.45) is 17.6 Å². The van der Waals surface area contributed by atoms with Crippen LogP contribution in [0.4, 0.5) is 0 Å². The van der Waals surface area contributed by atoms with Gasteiger partial charge in [-0.05, 0) is 18.8 Å². The number of carbonyl (C=O) groups excluding carboxylic acids is 1. The van der Waals surface area contributed by atoms with Crippen LogP contribution in [0.1, 0.15) is 12.8 Å². The Kier molecular flexibility index (Phi) is 5.59. The monoisotopic (exact) mass is 319 g/mol. The van der Waals surface area contributed by atoms with Crippen LogP contribution in [0.3, 0.4) is 0 Å². The maximum Gasteiger partial charge on any atom is 0.223 e. The Bertz CT molecular complexity index is 462. The maximum absolute atomic E-state index is 11.7. The zero-order valence-corrected chi connectivity index (χ0v) is 13.3. The summed E-state index contributed by atoms with van der Waals surface area (Å²) in [5, 5.41) is 0. The van der Waals surface area contributed by atoms with Crippen molar-refractivity contribution in [2.45, 2.75) is 12.8 Å². The molecule has 0 aliphatic carbocycles. The second-order valence-corrected chi connectivity index (χ2v) is 8.02. The predicted octanol–water partition coefficient (Wildman–Crippen LogP) is -0.908. The van der Waals surface area contributed by atoms with Crippen molar-refractivity contribution in [2.75, 3.05) is 52.2 Å². The Balaban J connectivity index is 2.01. The van der Waals surface area contributed by atoms with E-state index in [2.05, 4.69) is 4.90 Å². The van der Waals surface area contributed by atoms with Gasteiger partial charge in [0, 0.05) is 45.9 Å². The summed E-state index contributed by atoms with van der Waals surface area (Å²) >= 11 is 0. The second-order valence-electron chi connectivity index (χ2n) is 6.04. The van der Waals surface area contributed by atoms with E-state index >= 15 is 0 Å². The van der Waals surface area contributed by atoms with Gasteiger partial charge in [-0.15, -0.1) is 0 Å². The lowest BCUT2D eigenvalue weighted by molar-refractivity contribution is -0.122. The highest BCUT2D eigenvalue weighted by atomic mass is 32.2. The summed E-state index contributed by atoms with van der Waals surface area (Å²) in [5.41, 5.74) is 5.43. The lowest BCUT2D eigenvalue weighted by atomic mass is 9.99. The minimum Gasteiger partial charge on any atom is -0.381 e. The zero-order chi connectivity index (χ0) is 15.5. The molecular formula is C13H25N3O4S. The van der Waals surface area contributed by atoms with Crippen LogP contribution in [0.5, 0.6) is 0 Å². The fourth-order valence-corrected chi connectivity index (χ4v) is 3.86. The number of ether oxygens (including phenoxy) is 1. The number of nitrogens with zero attached hydrogens (tertiary/aromatic N) is 2. The highest BCUT2D eigenvalue weighted by Crippen LogP contribution is 2.19. The third-order valence-corrected chi connectivity index (χ3v) is 5.57. The van der Waals surface area contributed by atoms with E-state index in [1.165, 1.54) is 10.6 Å². The summed E-state index contributed by atoms with van der Waals surface area (Å²) in [6.07, 6.45) is 3.22. The van der Waals surface area contributed by atoms with Crippen LogP contribution in [0.15, 0.2) is 0 Å². The van der Waals surface area contributed by atoms with Crippen LogP contribution in [-0.2, 0) is 19.6 Å². The van der Waals surface area contributed by atoms with Crippen molar-refractivity contribution in [3.8, 4) is 0 Å². The largest absolute Gasteiger partial charge is 0.381 e. The fraction of sp³-hybridized carbons (Fsp3) is 0.923. The standard InChI is InChI=1S/C13H25N3O4S/c1-21(18,19)16-5-4-15(9-12(10-16)13(14)17)8-11-2-6-20-7-3-11/h11-12H,2-10H2,1H3,(H2,14,17)/t12-/m0/s1. The van der Waals surface area contributed by atoms with E-state index in [0.717, 1.165) is 32.6 Å². The number of carbonyl (C=O) groups is 1. The molecule has 0 aromatic carbocycles. The number of nitrogens with two attached hydrogens (primary N) is 1. The van der Waals surface area contributed by atoms with E-state index in [1.54, 1.807) is 0 Å². The molecule has 0 spiro atoms. The van der Waals surface area contributed by atoms with Gasteiger partial charge in [-0.25, -0.2) is 12.7 Å². The van der Waals surface area contributed by atoms with Crippen molar-refractivity contribution in [1.82, 2.24) is 9.21 Å². The first-order valence-corrected chi connectivity index (χ1v) is 9.25. The first-order valence-electron chi connectivity index (χ1n) is 7.41. The molecule has 0 radical (unpaired) electrons. The molecule has 2 fully saturated rings. The SMILES string of the molecule is CS(=O)(=O)N1CCN(CC2CCOCC2)C[C@H](C(N)=O)C1. The molecule has 122 valence electrons. The Morgan fingerprint density at radius 2 is 1.90 bits per heavy atom. The predicted molar refractivity (Wildman–Crippen MR) is 79.1 cm³/mol. The van der Waals surface area contributed by atoms with Crippen molar-refractivity contribution in [3.05, 3.63) is 0 Å². The van der Waals surface area contributed by atoms with Gasteiger partial charge >= 0.3 is 0 Å². The van der Waals surface area contributed by atoms with Crippen molar-refractivity contribution < 1.29 is 17.9 Å². The molecular weight excluding hydrogens is 294 g/mol. The number of amides is 1. The highest BCUT2D eigenvalue weighted by molar-refractivity contribution is 7.88. The Morgan fingerprint density at radius 1 is 1.24 bits per heavy atom. The average Bonchev–Trinajstić information content (AvgIpc) is 2.62. The summed E-state index contributed by atoms with van der Waals surface area (Å²) < 4.78 is 30.2. The van der Waals surface area contributed by atoms with Gasteiger partial charge in [-0.1, -0.05) is 0 Å². The summed E-state index contributed by atoms with van der Waals surface area (Å²) in [4.78, 5) is 13.7. The van der Waals surface area contributed by atoms with E-state index in [0.29, 0.717) is 25.6 Å². The smallest absolute Gasteiger partial charge is 0.223 e. The molecule has 0 saturated carbocycles. The summed E-state index contributed by atoms with van der Waals surface area (Å²) in [6, 6.07) is 0. The number of primary amides is 1.